The minimum atomic E-state index is -0.476. The van der Waals surface area contributed by atoms with Crippen LogP contribution in [0.15, 0.2) is 65.5 Å². The Morgan fingerprint density at radius 1 is 0.902 bits per heavy atom. The number of hydrogen-bond acceptors (Lipinski definition) is 6. The molecule has 1 aromatic heterocycles. The summed E-state index contributed by atoms with van der Waals surface area (Å²) in [6.07, 6.45) is 2.01. The van der Waals surface area contributed by atoms with E-state index in [9.17, 15) is 9.59 Å². The molecule has 216 valence electrons. The lowest BCUT2D eigenvalue weighted by atomic mass is 9.76. The minimum Gasteiger partial charge on any atom is -0.490 e. The molecule has 4 rings (SSSR count). The Labute approximate surface area is 242 Å². The van der Waals surface area contributed by atoms with E-state index in [4.69, 9.17) is 9.47 Å². The van der Waals surface area contributed by atoms with E-state index in [1.807, 2.05) is 31.2 Å². The van der Waals surface area contributed by atoms with Crippen molar-refractivity contribution in [2.75, 3.05) is 13.2 Å². The van der Waals surface area contributed by atoms with Gasteiger partial charge in [-0.1, -0.05) is 83.2 Å². The third-order valence-corrected chi connectivity index (χ3v) is 8.27. The number of aromatic nitrogens is 3. The molecule has 0 saturated carbocycles. The van der Waals surface area contributed by atoms with Crippen molar-refractivity contribution in [1.29, 1.82) is 0 Å². The molecule has 3 aromatic carbocycles. The van der Waals surface area contributed by atoms with E-state index >= 15 is 0 Å². The van der Waals surface area contributed by atoms with Gasteiger partial charge in [0, 0.05) is 5.56 Å². The van der Waals surface area contributed by atoms with Gasteiger partial charge in [0.05, 0.1) is 17.5 Å². The highest BCUT2D eigenvalue weighted by atomic mass is 16.6. The highest BCUT2D eigenvalue weighted by molar-refractivity contribution is 5.91. The summed E-state index contributed by atoms with van der Waals surface area (Å²) in [6, 6.07) is 19.0. The summed E-state index contributed by atoms with van der Waals surface area (Å²) in [5.74, 6) is 0.337. The van der Waals surface area contributed by atoms with Crippen LogP contribution in [0.2, 0.25) is 0 Å². The highest BCUT2D eigenvalue weighted by Crippen LogP contribution is 2.38. The fourth-order valence-electron chi connectivity index (χ4n) is 4.67. The van der Waals surface area contributed by atoms with Crippen LogP contribution in [0.4, 0.5) is 0 Å². The number of ether oxygens (including phenoxy) is 2. The molecule has 0 unspecified atom stereocenters. The number of carbonyl (C=O) groups is 1. The molecule has 0 fully saturated rings. The van der Waals surface area contributed by atoms with Crippen molar-refractivity contribution in [2.24, 2.45) is 0 Å². The second-order valence-corrected chi connectivity index (χ2v) is 11.9. The maximum Gasteiger partial charge on any atom is 0.338 e. The van der Waals surface area contributed by atoms with Crippen LogP contribution in [0.1, 0.15) is 87.0 Å². The van der Waals surface area contributed by atoms with Gasteiger partial charge in [0.15, 0.2) is 0 Å². The van der Waals surface area contributed by atoms with Crippen molar-refractivity contribution >= 4 is 16.9 Å². The normalized spacial score (nSPS) is 12.0. The number of rotatable bonds is 11. The lowest BCUT2D eigenvalue weighted by molar-refractivity contribution is 0.0447. The van der Waals surface area contributed by atoms with Crippen molar-refractivity contribution in [3.63, 3.8) is 0 Å². The summed E-state index contributed by atoms with van der Waals surface area (Å²) in [5, 5.41) is 8.78. The number of carbonyl (C=O) groups excluding carboxylic acids is 1. The van der Waals surface area contributed by atoms with Crippen molar-refractivity contribution in [3.8, 4) is 5.75 Å². The second kappa shape index (κ2) is 12.2. The molecule has 7 nitrogen and oxygen atoms in total. The average molecular weight is 556 g/mol. The van der Waals surface area contributed by atoms with E-state index in [0.29, 0.717) is 22.0 Å². The van der Waals surface area contributed by atoms with E-state index in [-0.39, 0.29) is 36.1 Å². The molecule has 0 bridgehead atoms. The van der Waals surface area contributed by atoms with E-state index in [2.05, 4.69) is 64.0 Å². The van der Waals surface area contributed by atoms with Crippen molar-refractivity contribution in [2.45, 2.75) is 78.7 Å². The SMILES string of the molecule is CCC(C)(C)c1ccc(OCCOC(=O)c2ccccc2Cn2nnc3cc(C)ccc3c2=O)c(C(C)(C)CC)c1. The van der Waals surface area contributed by atoms with Gasteiger partial charge in [0.1, 0.15) is 24.5 Å². The Morgan fingerprint density at radius 3 is 2.37 bits per heavy atom. The van der Waals surface area contributed by atoms with Gasteiger partial charge in [-0.25, -0.2) is 9.48 Å². The van der Waals surface area contributed by atoms with Crippen LogP contribution in [-0.2, 0) is 22.1 Å². The zero-order valence-electron chi connectivity index (χ0n) is 25.3. The Kier molecular flexibility index (Phi) is 8.95. The standard InChI is InChI=1S/C34H41N3O4/c1-8-33(4,5)25-15-17-30(28(21-25)34(6,7)9-2)40-18-19-41-32(39)26-13-11-10-12-24(26)22-37-31(38)27-16-14-23(3)20-29(27)35-36-37/h10-17,20-21H,8-9,18-19,22H2,1-7H3. The first kappa shape index (κ1) is 30.0. The molecule has 0 saturated heterocycles. The minimum absolute atomic E-state index is 0.0622. The van der Waals surface area contributed by atoms with Crippen LogP contribution < -0.4 is 10.3 Å². The zero-order chi connectivity index (χ0) is 29.8. The average Bonchev–Trinajstić information content (AvgIpc) is 2.96. The fourth-order valence-corrected chi connectivity index (χ4v) is 4.67. The Balaban J connectivity index is 1.45. The molecular formula is C34H41N3O4. The van der Waals surface area contributed by atoms with Crippen molar-refractivity contribution in [3.05, 3.63) is 98.8 Å². The van der Waals surface area contributed by atoms with Gasteiger partial charge in [0.25, 0.3) is 5.56 Å². The van der Waals surface area contributed by atoms with E-state index in [1.165, 1.54) is 10.2 Å². The number of esters is 1. The molecule has 7 heteroatoms. The van der Waals surface area contributed by atoms with Gasteiger partial charge < -0.3 is 9.47 Å². The molecule has 0 spiro atoms. The van der Waals surface area contributed by atoms with Gasteiger partial charge in [-0.2, -0.15) is 0 Å². The molecule has 0 amide bonds. The summed E-state index contributed by atoms with van der Waals surface area (Å²) in [6.45, 7) is 15.7. The van der Waals surface area contributed by atoms with Crippen LogP contribution in [0.25, 0.3) is 10.9 Å². The Hall–Kier alpha value is -4.00. The fraction of sp³-hybridized carbons (Fsp3) is 0.412. The Morgan fingerprint density at radius 2 is 1.63 bits per heavy atom. The lowest BCUT2D eigenvalue weighted by Gasteiger charge is -2.30. The summed E-state index contributed by atoms with van der Waals surface area (Å²) in [7, 11) is 0. The van der Waals surface area contributed by atoms with E-state index < -0.39 is 5.97 Å². The molecule has 0 N–H and O–H groups in total. The Bertz CT molecular complexity index is 1600. The molecule has 4 aromatic rings. The van der Waals surface area contributed by atoms with Crippen LogP contribution in [-0.4, -0.2) is 34.2 Å². The third-order valence-electron chi connectivity index (χ3n) is 8.27. The second-order valence-electron chi connectivity index (χ2n) is 11.9. The molecule has 0 aliphatic rings. The number of aryl methyl sites for hydroxylation is 1. The summed E-state index contributed by atoms with van der Waals surface area (Å²) >= 11 is 0. The van der Waals surface area contributed by atoms with Gasteiger partial charge in [-0.3, -0.25) is 4.79 Å². The molecule has 1 heterocycles. The predicted molar refractivity (Wildman–Crippen MR) is 163 cm³/mol. The molecule has 0 aliphatic carbocycles. The van der Waals surface area contributed by atoms with Crippen LogP contribution >= 0.6 is 0 Å². The van der Waals surface area contributed by atoms with Gasteiger partial charge in [-0.15, -0.1) is 5.10 Å². The monoisotopic (exact) mass is 555 g/mol. The number of hydrogen-bond donors (Lipinski definition) is 0. The molecular weight excluding hydrogens is 514 g/mol. The van der Waals surface area contributed by atoms with Gasteiger partial charge >= 0.3 is 5.97 Å². The lowest BCUT2D eigenvalue weighted by Crippen LogP contribution is -2.26. The third kappa shape index (κ3) is 6.67. The van der Waals surface area contributed by atoms with Gasteiger partial charge in [0.2, 0.25) is 0 Å². The predicted octanol–water partition coefficient (Wildman–Crippen LogP) is 6.76. The summed E-state index contributed by atoms with van der Waals surface area (Å²) < 4.78 is 13.0. The zero-order valence-corrected chi connectivity index (χ0v) is 25.3. The highest BCUT2D eigenvalue weighted by Gasteiger charge is 2.26. The van der Waals surface area contributed by atoms with Crippen LogP contribution in [0, 0.1) is 6.92 Å². The first-order valence-electron chi connectivity index (χ1n) is 14.3. The molecule has 0 radical (unpaired) electrons. The summed E-state index contributed by atoms with van der Waals surface area (Å²) in [5.41, 5.74) is 4.76. The number of fused-ring (bicyclic) bond motifs is 1. The smallest absolute Gasteiger partial charge is 0.338 e. The van der Waals surface area contributed by atoms with E-state index in [1.54, 1.807) is 24.3 Å². The maximum absolute atomic E-state index is 13.1. The van der Waals surface area contributed by atoms with E-state index in [0.717, 1.165) is 29.7 Å². The molecule has 41 heavy (non-hydrogen) atoms. The van der Waals surface area contributed by atoms with Gasteiger partial charge in [-0.05, 0) is 71.6 Å². The van der Waals surface area contributed by atoms with Crippen LogP contribution in [0.5, 0.6) is 5.75 Å². The maximum atomic E-state index is 13.1. The first-order valence-corrected chi connectivity index (χ1v) is 14.3. The number of nitrogens with zero attached hydrogens (tertiary/aromatic N) is 3. The summed E-state index contributed by atoms with van der Waals surface area (Å²) in [4.78, 5) is 26.1. The molecule has 0 aliphatic heterocycles. The quantitative estimate of drug-likeness (QED) is 0.150. The topological polar surface area (TPSA) is 83.3 Å². The first-order chi connectivity index (χ1) is 19.5. The largest absolute Gasteiger partial charge is 0.490 e. The van der Waals surface area contributed by atoms with Crippen molar-refractivity contribution < 1.29 is 14.3 Å². The number of benzene rings is 3. The van der Waals surface area contributed by atoms with Crippen molar-refractivity contribution in [1.82, 2.24) is 15.0 Å². The van der Waals surface area contributed by atoms with Crippen LogP contribution in [0.3, 0.4) is 0 Å². The molecule has 0 atom stereocenters.